The van der Waals surface area contributed by atoms with Gasteiger partial charge in [-0.25, -0.2) is 0 Å². The highest BCUT2D eigenvalue weighted by Crippen LogP contribution is 2.09. The minimum absolute atomic E-state index is 0.0600. The second-order valence-corrected chi connectivity index (χ2v) is 5.05. The maximum Gasteiger partial charge on any atom is 0.234 e. The number of thioether (sulfide) groups is 1. The van der Waals surface area contributed by atoms with E-state index in [-0.39, 0.29) is 5.91 Å². The van der Waals surface area contributed by atoms with E-state index in [0.29, 0.717) is 5.75 Å². The van der Waals surface area contributed by atoms with Crippen LogP contribution in [0.25, 0.3) is 0 Å². The van der Waals surface area contributed by atoms with Crippen LogP contribution in [0.1, 0.15) is 5.56 Å². The van der Waals surface area contributed by atoms with Gasteiger partial charge in [0.05, 0.1) is 5.75 Å². The average molecular weight is 288 g/mol. The topological polar surface area (TPSA) is 29.1 Å². The molecule has 0 unspecified atom stereocenters. The SMILES string of the molecule is Cc1ccc(NC(=O)CSCCBr)cc1. The maximum atomic E-state index is 11.4. The first-order chi connectivity index (χ1) is 7.22. The Bertz CT molecular complexity index is 313. The van der Waals surface area contributed by atoms with Crippen LogP contribution in [0.4, 0.5) is 5.69 Å². The van der Waals surface area contributed by atoms with Gasteiger partial charge in [0.25, 0.3) is 0 Å². The Morgan fingerprint density at radius 2 is 2.07 bits per heavy atom. The van der Waals surface area contributed by atoms with E-state index in [2.05, 4.69) is 21.2 Å². The molecule has 1 aromatic carbocycles. The van der Waals surface area contributed by atoms with Gasteiger partial charge in [-0.15, -0.1) is 0 Å². The Hall–Kier alpha value is -0.480. The number of amides is 1. The summed E-state index contributed by atoms with van der Waals surface area (Å²) in [6.45, 7) is 2.03. The lowest BCUT2D eigenvalue weighted by Crippen LogP contribution is -2.14. The molecule has 0 bridgehead atoms. The van der Waals surface area contributed by atoms with Gasteiger partial charge < -0.3 is 5.32 Å². The Kier molecular flexibility index (Phi) is 5.79. The van der Waals surface area contributed by atoms with Crippen molar-refractivity contribution < 1.29 is 4.79 Å². The maximum absolute atomic E-state index is 11.4. The van der Waals surface area contributed by atoms with Crippen molar-refractivity contribution in [1.29, 1.82) is 0 Å². The van der Waals surface area contributed by atoms with Gasteiger partial charge in [0.15, 0.2) is 0 Å². The van der Waals surface area contributed by atoms with Gasteiger partial charge in [-0.3, -0.25) is 4.79 Å². The summed E-state index contributed by atoms with van der Waals surface area (Å²) < 4.78 is 0. The summed E-state index contributed by atoms with van der Waals surface area (Å²) in [5.74, 6) is 1.53. The first-order valence-electron chi connectivity index (χ1n) is 4.72. The van der Waals surface area contributed by atoms with E-state index in [9.17, 15) is 4.79 Å². The molecule has 1 N–H and O–H groups in total. The van der Waals surface area contributed by atoms with Crippen LogP contribution in [-0.4, -0.2) is 22.7 Å². The van der Waals surface area contributed by atoms with Crippen molar-refractivity contribution in [3.05, 3.63) is 29.8 Å². The van der Waals surface area contributed by atoms with Crippen molar-refractivity contribution in [2.75, 3.05) is 22.2 Å². The minimum atomic E-state index is 0.0600. The second kappa shape index (κ2) is 6.90. The van der Waals surface area contributed by atoms with Crippen molar-refractivity contribution in [3.8, 4) is 0 Å². The highest BCUT2D eigenvalue weighted by Gasteiger charge is 2.01. The van der Waals surface area contributed by atoms with Crippen LogP contribution in [0.3, 0.4) is 0 Å². The molecule has 0 aliphatic carbocycles. The molecule has 1 aromatic rings. The molecule has 4 heteroatoms. The van der Waals surface area contributed by atoms with E-state index >= 15 is 0 Å². The number of alkyl halides is 1. The summed E-state index contributed by atoms with van der Waals surface area (Å²) in [6.07, 6.45) is 0. The van der Waals surface area contributed by atoms with E-state index in [1.807, 2.05) is 31.2 Å². The molecule has 0 atom stereocenters. The molecule has 2 nitrogen and oxygen atoms in total. The zero-order valence-electron chi connectivity index (χ0n) is 8.63. The molecule has 1 amide bonds. The van der Waals surface area contributed by atoms with E-state index < -0.39 is 0 Å². The number of carbonyl (C=O) groups excluding carboxylic acids is 1. The summed E-state index contributed by atoms with van der Waals surface area (Å²) in [5, 5.41) is 3.78. The van der Waals surface area contributed by atoms with Crippen molar-refractivity contribution in [3.63, 3.8) is 0 Å². The predicted molar refractivity (Wildman–Crippen MR) is 70.9 cm³/mol. The number of halogens is 1. The fourth-order valence-corrected chi connectivity index (χ4v) is 2.25. The number of nitrogens with one attached hydrogen (secondary N) is 1. The first kappa shape index (κ1) is 12.6. The summed E-state index contributed by atoms with van der Waals surface area (Å²) in [6, 6.07) is 7.81. The van der Waals surface area contributed by atoms with Crippen LogP contribution in [0.15, 0.2) is 24.3 Å². The van der Waals surface area contributed by atoms with Crippen molar-refractivity contribution in [1.82, 2.24) is 0 Å². The van der Waals surface area contributed by atoms with Crippen molar-refractivity contribution in [2.45, 2.75) is 6.92 Å². The molecule has 0 aliphatic heterocycles. The Labute approximate surface area is 103 Å². The van der Waals surface area contributed by atoms with Gasteiger partial charge in [0.1, 0.15) is 0 Å². The molecule has 0 spiro atoms. The van der Waals surface area contributed by atoms with Gasteiger partial charge >= 0.3 is 0 Å². The Morgan fingerprint density at radius 3 is 2.67 bits per heavy atom. The highest BCUT2D eigenvalue weighted by atomic mass is 79.9. The summed E-state index contributed by atoms with van der Waals surface area (Å²) in [5.41, 5.74) is 2.06. The molecule has 0 fully saturated rings. The number of hydrogen-bond donors (Lipinski definition) is 1. The molecule has 82 valence electrons. The lowest BCUT2D eigenvalue weighted by molar-refractivity contribution is -0.113. The quantitative estimate of drug-likeness (QED) is 0.666. The molecule has 0 aromatic heterocycles. The molecule has 0 aliphatic rings. The van der Waals surface area contributed by atoms with E-state index in [1.54, 1.807) is 11.8 Å². The van der Waals surface area contributed by atoms with Gasteiger partial charge in [-0.05, 0) is 19.1 Å². The monoisotopic (exact) mass is 287 g/mol. The van der Waals surface area contributed by atoms with Crippen LogP contribution in [0.2, 0.25) is 0 Å². The lowest BCUT2D eigenvalue weighted by atomic mass is 10.2. The van der Waals surface area contributed by atoms with Gasteiger partial charge in [-0.1, -0.05) is 33.6 Å². The summed E-state index contributed by atoms with van der Waals surface area (Å²) in [4.78, 5) is 11.4. The third-order valence-electron chi connectivity index (χ3n) is 1.79. The fourth-order valence-electron chi connectivity index (χ4n) is 1.05. The van der Waals surface area contributed by atoms with Crippen LogP contribution >= 0.6 is 27.7 Å². The molecular weight excluding hydrogens is 274 g/mol. The predicted octanol–water partition coefficient (Wildman–Crippen LogP) is 3.06. The molecule has 0 saturated carbocycles. The largest absolute Gasteiger partial charge is 0.325 e. The molecule has 0 heterocycles. The van der Waals surface area contributed by atoms with E-state index in [1.165, 1.54) is 5.56 Å². The summed E-state index contributed by atoms with van der Waals surface area (Å²) >= 11 is 4.95. The Morgan fingerprint density at radius 1 is 1.40 bits per heavy atom. The molecule has 1 rings (SSSR count). The molecule has 0 saturated heterocycles. The standard InChI is InChI=1S/C11H14BrNOS/c1-9-2-4-10(5-3-9)13-11(14)8-15-7-6-12/h2-5H,6-8H2,1H3,(H,13,14). The zero-order valence-corrected chi connectivity index (χ0v) is 11.0. The number of carbonyl (C=O) groups is 1. The lowest BCUT2D eigenvalue weighted by Gasteiger charge is -2.04. The van der Waals surface area contributed by atoms with E-state index in [0.717, 1.165) is 16.8 Å². The van der Waals surface area contributed by atoms with Crippen LogP contribution in [0.5, 0.6) is 0 Å². The first-order valence-corrected chi connectivity index (χ1v) is 7.00. The number of benzene rings is 1. The van der Waals surface area contributed by atoms with Crippen LogP contribution in [0, 0.1) is 6.92 Å². The highest BCUT2D eigenvalue weighted by molar-refractivity contribution is 9.09. The second-order valence-electron chi connectivity index (χ2n) is 3.16. The number of aryl methyl sites for hydroxylation is 1. The van der Waals surface area contributed by atoms with Gasteiger partial charge in [0, 0.05) is 16.8 Å². The van der Waals surface area contributed by atoms with E-state index in [4.69, 9.17) is 0 Å². The van der Waals surface area contributed by atoms with Crippen molar-refractivity contribution >= 4 is 39.3 Å². The van der Waals surface area contributed by atoms with Crippen molar-refractivity contribution in [2.24, 2.45) is 0 Å². The third kappa shape index (κ3) is 5.23. The Balaban J connectivity index is 2.34. The molecule has 15 heavy (non-hydrogen) atoms. The number of rotatable bonds is 5. The molecule has 0 radical (unpaired) electrons. The number of anilines is 1. The minimum Gasteiger partial charge on any atom is -0.325 e. The van der Waals surface area contributed by atoms with Crippen LogP contribution in [-0.2, 0) is 4.79 Å². The normalized spacial score (nSPS) is 10.0. The summed E-state index contributed by atoms with van der Waals surface area (Å²) in [7, 11) is 0. The molecular formula is C11H14BrNOS. The smallest absolute Gasteiger partial charge is 0.234 e. The number of hydrogen-bond acceptors (Lipinski definition) is 2. The van der Waals surface area contributed by atoms with Gasteiger partial charge in [-0.2, -0.15) is 11.8 Å². The van der Waals surface area contributed by atoms with Gasteiger partial charge in [0.2, 0.25) is 5.91 Å². The third-order valence-corrected chi connectivity index (χ3v) is 3.67. The van der Waals surface area contributed by atoms with Crippen LogP contribution < -0.4 is 5.32 Å². The fraction of sp³-hybridized carbons (Fsp3) is 0.364. The zero-order chi connectivity index (χ0) is 11.1. The average Bonchev–Trinajstić information content (AvgIpc) is 2.22.